The maximum Gasteiger partial charge on any atom is 0.191 e. The Kier molecular flexibility index (Phi) is 6.48. The van der Waals surface area contributed by atoms with Crippen LogP contribution in [0.2, 0.25) is 10.0 Å². The van der Waals surface area contributed by atoms with Gasteiger partial charge in [-0.2, -0.15) is 5.26 Å². The van der Waals surface area contributed by atoms with E-state index in [9.17, 15) is 0 Å². The molecule has 2 aromatic carbocycles. The van der Waals surface area contributed by atoms with Crippen LogP contribution in [0.3, 0.4) is 0 Å². The molecular formula is C18H18Cl2N4. The van der Waals surface area contributed by atoms with E-state index in [1.807, 2.05) is 31.2 Å². The van der Waals surface area contributed by atoms with E-state index in [1.54, 1.807) is 25.2 Å². The van der Waals surface area contributed by atoms with Gasteiger partial charge in [-0.1, -0.05) is 41.4 Å². The predicted octanol–water partition coefficient (Wildman–Crippen LogP) is 4.29. The smallest absolute Gasteiger partial charge is 0.191 e. The molecule has 0 saturated carbocycles. The molecule has 0 radical (unpaired) electrons. The molecule has 2 N–H and O–H groups in total. The van der Waals surface area contributed by atoms with Crippen molar-refractivity contribution in [3.8, 4) is 6.07 Å². The highest BCUT2D eigenvalue weighted by atomic mass is 35.5. The molecule has 0 bridgehead atoms. The van der Waals surface area contributed by atoms with E-state index >= 15 is 0 Å². The summed E-state index contributed by atoms with van der Waals surface area (Å²) in [5.41, 5.74) is 2.66. The number of rotatable bonds is 4. The maximum atomic E-state index is 8.82. The molecule has 0 aliphatic carbocycles. The van der Waals surface area contributed by atoms with E-state index in [1.165, 1.54) is 0 Å². The second-order valence-electron chi connectivity index (χ2n) is 5.27. The Labute approximate surface area is 152 Å². The molecular weight excluding hydrogens is 343 g/mol. The highest BCUT2D eigenvalue weighted by molar-refractivity contribution is 6.35. The Morgan fingerprint density at radius 1 is 1.21 bits per heavy atom. The quantitative estimate of drug-likeness (QED) is 0.631. The van der Waals surface area contributed by atoms with Crippen molar-refractivity contribution in [1.82, 2.24) is 10.6 Å². The first kappa shape index (κ1) is 18.1. The molecule has 1 atom stereocenters. The number of hydrogen-bond donors (Lipinski definition) is 2. The van der Waals surface area contributed by atoms with Crippen molar-refractivity contribution >= 4 is 29.2 Å². The SMILES string of the molecule is CN=C(NCc1ccc(C#N)cc1)NC(C)c1ccc(Cl)cc1Cl. The lowest BCUT2D eigenvalue weighted by Crippen LogP contribution is -2.38. The Balaban J connectivity index is 1.97. The third-order valence-corrected chi connectivity index (χ3v) is 4.11. The zero-order valence-corrected chi connectivity index (χ0v) is 15.0. The van der Waals surface area contributed by atoms with Crippen LogP contribution in [0, 0.1) is 11.3 Å². The lowest BCUT2D eigenvalue weighted by atomic mass is 10.1. The molecule has 1 unspecified atom stereocenters. The average Bonchev–Trinajstić information content (AvgIpc) is 2.58. The summed E-state index contributed by atoms with van der Waals surface area (Å²) in [5.74, 6) is 0.665. The van der Waals surface area contributed by atoms with Gasteiger partial charge in [-0.05, 0) is 42.3 Å². The van der Waals surface area contributed by atoms with E-state index in [4.69, 9.17) is 28.5 Å². The number of hydrogen-bond acceptors (Lipinski definition) is 2. The first-order valence-electron chi connectivity index (χ1n) is 7.44. The molecule has 0 saturated heterocycles. The van der Waals surface area contributed by atoms with Gasteiger partial charge in [0.1, 0.15) is 0 Å². The van der Waals surface area contributed by atoms with Crippen molar-refractivity contribution in [3.05, 3.63) is 69.2 Å². The molecule has 0 aromatic heterocycles. The van der Waals surface area contributed by atoms with Crippen molar-refractivity contribution < 1.29 is 0 Å². The summed E-state index contributed by atoms with van der Waals surface area (Å²) in [5, 5.41) is 16.6. The van der Waals surface area contributed by atoms with Crippen molar-refractivity contribution in [3.63, 3.8) is 0 Å². The molecule has 0 fully saturated rings. The van der Waals surface area contributed by atoms with Gasteiger partial charge in [-0.15, -0.1) is 0 Å². The van der Waals surface area contributed by atoms with Gasteiger partial charge >= 0.3 is 0 Å². The number of nitriles is 1. The zero-order chi connectivity index (χ0) is 17.5. The molecule has 0 amide bonds. The summed E-state index contributed by atoms with van der Waals surface area (Å²) in [6.45, 7) is 2.61. The minimum absolute atomic E-state index is 0.0260. The van der Waals surface area contributed by atoms with Gasteiger partial charge in [0, 0.05) is 23.6 Å². The second-order valence-corrected chi connectivity index (χ2v) is 6.11. The van der Waals surface area contributed by atoms with Gasteiger partial charge < -0.3 is 10.6 Å². The second kappa shape index (κ2) is 8.58. The number of nitrogens with one attached hydrogen (secondary N) is 2. The van der Waals surface area contributed by atoms with E-state index < -0.39 is 0 Å². The van der Waals surface area contributed by atoms with Crippen LogP contribution in [0.4, 0.5) is 0 Å². The molecule has 0 aliphatic heterocycles. The molecule has 6 heteroatoms. The van der Waals surface area contributed by atoms with E-state index in [0.717, 1.165) is 11.1 Å². The predicted molar refractivity (Wildman–Crippen MR) is 99.4 cm³/mol. The van der Waals surface area contributed by atoms with Gasteiger partial charge in [0.15, 0.2) is 5.96 Å². The highest BCUT2D eigenvalue weighted by Gasteiger charge is 2.11. The third-order valence-electron chi connectivity index (χ3n) is 3.55. The molecule has 24 heavy (non-hydrogen) atoms. The van der Waals surface area contributed by atoms with Crippen LogP contribution in [0.1, 0.15) is 29.7 Å². The normalized spacial score (nSPS) is 12.4. The summed E-state index contributed by atoms with van der Waals surface area (Å²) in [6.07, 6.45) is 0. The molecule has 2 aromatic rings. The Hall–Kier alpha value is -2.22. The van der Waals surface area contributed by atoms with Crippen LogP contribution in [0.15, 0.2) is 47.5 Å². The van der Waals surface area contributed by atoms with Crippen molar-refractivity contribution in [2.75, 3.05) is 7.05 Å². The Morgan fingerprint density at radius 3 is 2.50 bits per heavy atom. The van der Waals surface area contributed by atoms with Gasteiger partial charge in [0.05, 0.1) is 17.7 Å². The number of benzene rings is 2. The standard InChI is InChI=1S/C18H18Cl2N4/c1-12(16-8-7-15(19)9-17(16)20)24-18(22-2)23-11-14-5-3-13(10-21)4-6-14/h3-9,12H,11H2,1-2H3,(H2,22,23,24). The lowest BCUT2D eigenvalue weighted by Gasteiger charge is -2.19. The monoisotopic (exact) mass is 360 g/mol. The fourth-order valence-corrected chi connectivity index (χ4v) is 2.79. The average molecular weight is 361 g/mol. The first-order chi connectivity index (χ1) is 11.5. The van der Waals surface area contributed by atoms with Crippen molar-refractivity contribution in [2.45, 2.75) is 19.5 Å². The van der Waals surface area contributed by atoms with Gasteiger partial charge in [-0.25, -0.2) is 0 Å². The van der Waals surface area contributed by atoms with Gasteiger partial charge in [-0.3, -0.25) is 4.99 Å². The number of aliphatic imine (C=N–C) groups is 1. The summed E-state index contributed by atoms with van der Waals surface area (Å²) in [6, 6.07) is 14.9. The first-order valence-corrected chi connectivity index (χ1v) is 8.20. The number of halogens is 2. The molecule has 2 rings (SSSR count). The van der Waals surface area contributed by atoms with Crippen LogP contribution < -0.4 is 10.6 Å². The molecule has 0 spiro atoms. The third kappa shape index (κ3) is 4.89. The van der Waals surface area contributed by atoms with Crippen molar-refractivity contribution in [1.29, 1.82) is 5.26 Å². The summed E-state index contributed by atoms with van der Waals surface area (Å²) in [4.78, 5) is 4.22. The van der Waals surface area contributed by atoms with E-state index in [-0.39, 0.29) is 6.04 Å². The summed E-state index contributed by atoms with van der Waals surface area (Å²) < 4.78 is 0. The van der Waals surface area contributed by atoms with Gasteiger partial charge in [0.25, 0.3) is 0 Å². The fraction of sp³-hybridized carbons (Fsp3) is 0.222. The summed E-state index contributed by atoms with van der Waals surface area (Å²) >= 11 is 12.2. The fourth-order valence-electron chi connectivity index (χ4n) is 2.21. The Morgan fingerprint density at radius 2 is 1.92 bits per heavy atom. The van der Waals surface area contributed by atoms with Crippen LogP contribution in [-0.4, -0.2) is 13.0 Å². The molecule has 0 aliphatic rings. The lowest BCUT2D eigenvalue weighted by molar-refractivity contribution is 0.685. The Bertz CT molecular complexity index is 764. The molecule has 0 heterocycles. The van der Waals surface area contributed by atoms with E-state index in [2.05, 4.69) is 21.7 Å². The molecule has 124 valence electrons. The van der Waals surface area contributed by atoms with Crippen molar-refractivity contribution in [2.24, 2.45) is 4.99 Å². The zero-order valence-electron chi connectivity index (χ0n) is 13.5. The molecule has 4 nitrogen and oxygen atoms in total. The van der Waals surface area contributed by atoms with Crippen LogP contribution >= 0.6 is 23.2 Å². The van der Waals surface area contributed by atoms with Gasteiger partial charge in [0.2, 0.25) is 0 Å². The largest absolute Gasteiger partial charge is 0.352 e. The van der Waals surface area contributed by atoms with E-state index in [0.29, 0.717) is 28.1 Å². The summed E-state index contributed by atoms with van der Waals surface area (Å²) in [7, 11) is 1.71. The minimum Gasteiger partial charge on any atom is -0.352 e. The topological polar surface area (TPSA) is 60.2 Å². The maximum absolute atomic E-state index is 8.82. The number of nitrogens with zero attached hydrogens (tertiary/aromatic N) is 2. The van der Waals surface area contributed by atoms with Crippen LogP contribution in [0.25, 0.3) is 0 Å². The van der Waals surface area contributed by atoms with Crippen LogP contribution in [0.5, 0.6) is 0 Å². The highest BCUT2D eigenvalue weighted by Crippen LogP contribution is 2.25. The minimum atomic E-state index is -0.0260. The number of guanidine groups is 1. The van der Waals surface area contributed by atoms with Crippen LogP contribution in [-0.2, 0) is 6.54 Å².